The zero-order chi connectivity index (χ0) is 16.6. The smallest absolute Gasteiger partial charge is 0.260 e. The number of nitrogen functional groups attached to an aromatic ring is 2. The van der Waals surface area contributed by atoms with Gasteiger partial charge in [0.2, 0.25) is 0 Å². The van der Waals surface area contributed by atoms with Gasteiger partial charge in [-0.2, -0.15) is 5.26 Å². The molecule has 0 atom stereocenters. The zero-order valence-electron chi connectivity index (χ0n) is 11.6. The van der Waals surface area contributed by atoms with Crippen LogP contribution in [-0.4, -0.2) is 9.97 Å². The lowest BCUT2D eigenvalue weighted by Gasteiger charge is -2.12. The highest BCUT2D eigenvalue weighted by atomic mass is 19.1. The van der Waals surface area contributed by atoms with Gasteiger partial charge in [0.1, 0.15) is 11.6 Å². The summed E-state index contributed by atoms with van der Waals surface area (Å²) in [5.74, 6) is -1.09. The monoisotopic (exact) mass is 311 g/mol. The number of hydrogen-bond donors (Lipinski definition) is 3. The number of nitrogens with two attached hydrogens (primary N) is 2. The molecule has 23 heavy (non-hydrogen) atoms. The molecule has 0 spiro atoms. The molecule has 0 fully saturated rings. The molecule has 0 radical (unpaired) electrons. The number of rotatable bonds is 2. The molecule has 0 saturated carbocycles. The van der Waals surface area contributed by atoms with Crippen molar-refractivity contribution in [3.05, 3.63) is 52.3 Å². The van der Waals surface area contributed by atoms with Crippen molar-refractivity contribution in [2.45, 2.75) is 0 Å². The zero-order valence-corrected chi connectivity index (χ0v) is 11.6. The maximum absolute atomic E-state index is 14.0. The molecule has 0 bridgehead atoms. The van der Waals surface area contributed by atoms with Crippen molar-refractivity contribution in [2.75, 3.05) is 11.5 Å². The number of aromatic amines is 1. The highest BCUT2D eigenvalue weighted by molar-refractivity contribution is 5.92. The molecule has 8 heteroatoms. The lowest BCUT2D eigenvalue weighted by Crippen LogP contribution is -2.09. The number of nitrogens with one attached hydrogen (secondary N) is 1. The molecule has 0 aliphatic carbocycles. The Kier molecular flexibility index (Phi) is 3.31. The number of hydrogen-bond acceptors (Lipinski definition) is 6. The summed E-state index contributed by atoms with van der Waals surface area (Å²) in [7, 11) is 0. The Morgan fingerprint density at radius 3 is 2.78 bits per heavy atom. The number of aromatic nitrogens is 2. The van der Waals surface area contributed by atoms with Crippen molar-refractivity contribution >= 4 is 22.3 Å². The third-order valence-electron chi connectivity index (χ3n) is 3.28. The van der Waals surface area contributed by atoms with Gasteiger partial charge in [0.15, 0.2) is 17.3 Å². The van der Waals surface area contributed by atoms with Gasteiger partial charge in [0.25, 0.3) is 5.56 Å². The third-order valence-corrected chi connectivity index (χ3v) is 3.28. The molecular weight excluding hydrogens is 301 g/mol. The normalized spacial score (nSPS) is 10.4. The van der Waals surface area contributed by atoms with E-state index in [2.05, 4.69) is 9.97 Å². The Bertz CT molecular complexity index is 1020. The fourth-order valence-corrected chi connectivity index (χ4v) is 2.15. The second-order valence-electron chi connectivity index (χ2n) is 4.66. The number of H-pyrrole nitrogens is 1. The molecule has 0 aliphatic rings. The van der Waals surface area contributed by atoms with Gasteiger partial charge < -0.3 is 21.2 Å². The van der Waals surface area contributed by atoms with Crippen LogP contribution in [0.3, 0.4) is 0 Å². The molecule has 1 aromatic heterocycles. The van der Waals surface area contributed by atoms with E-state index in [1.807, 2.05) is 0 Å². The van der Waals surface area contributed by atoms with Crippen molar-refractivity contribution in [1.29, 1.82) is 5.26 Å². The van der Waals surface area contributed by atoms with E-state index in [-0.39, 0.29) is 33.8 Å². The lowest BCUT2D eigenvalue weighted by molar-refractivity contribution is 0.443. The van der Waals surface area contributed by atoms with Crippen LogP contribution in [0, 0.1) is 17.1 Å². The Labute approximate surface area is 128 Å². The fourth-order valence-electron chi connectivity index (χ4n) is 2.15. The maximum Gasteiger partial charge on any atom is 0.260 e. The van der Waals surface area contributed by atoms with Crippen LogP contribution in [0.4, 0.5) is 15.8 Å². The summed E-state index contributed by atoms with van der Waals surface area (Å²) in [4.78, 5) is 18.3. The molecule has 7 nitrogen and oxygen atoms in total. The van der Waals surface area contributed by atoms with Crippen LogP contribution in [-0.2, 0) is 0 Å². The topological polar surface area (TPSA) is 131 Å². The van der Waals surface area contributed by atoms with Crippen LogP contribution in [0.25, 0.3) is 10.9 Å². The van der Waals surface area contributed by atoms with Crippen molar-refractivity contribution in [3.8, 4) is 17.6 Å². The van der Waals surface area contributed by atoms with Crippen LogP contribution < -0.4 is 21.8 Å². The molecule has 114 valence electrons. The van der Waals surface area contributed by atoms with Gasteiger partial charge in [0.05, 0.1) is 28.6 Å². The first-order chi connectivity index (χ1) is 11.0. The first kappa shape index (κ1) is 14.3. The number of anilines is 2. The van der Waals surface area contributed by atoms with Crippen LogP contribution in [0.5, 0.6) is 11.5 Å². The van der Waals surface area contributed by atoms with Crippen molar-refractivity contribution in [3.63, 3.8) is 0 Å². The molecule has 0 unspecified atom stereocenters. The van der Waals surface area contributed by atoms with Gasteiger partial charge in [-0.3, -0.25) is 4.79 Å². The van der Waals surface area contributed by atoms with E-state index in [0.717, 1.165) is 6.07 Å². The molecule has 3 aromatic rings. The van der Waals surface area contributed by atoms with Crippen molar-refractivity contribution in [2.24, 2.45) is 0 Å². The molecule has 5 N–H and O–H groups in total. The summed E-state index contributed by atoms with van der Waals surface area (Å²) in [6, 6.07) is 7.07. The summed E-state index contributed by atoms with van der Waals surface area (Å²) in [6.45, 7) is 0. The number of halogens is 1. The maximum atomic E-state index is 14.0. The Hall–Kier alpha value is -3.60. The second kappa shape index (κ2) is 5.31. The summed E-state index contributed by atoms with van der Waals surface area (Å²) < 4.78 is 19.4. The van der Waals surface area contributed by atoms with Gasteiger partial charge in [-0.15, -0.1) is 0 Å². The minimum Gasteiger partial charge on any atom is -0.451 e. The average molecular weight is 311 g/mol. The predicted octanol–water partition coefficient (Wildman–Crippen LogP) is 1.89. The first-order valence-electron chi connectivity index (χ1n) is 6.44. The molecule has 0 saturated heterocycles. The predicted molar refractivity (Wildman–Crippen MR) is 82.4 cm³/mol. The summed E-state index contributed by atoms with van der Waals surface area (Å²) in [5.41, 5.74) is 11.4. The fraction of sp³-hybridized carbons (Fsp3) is 0. The molecule has 3 rings (SSSR count). The van der Waals surface area contributed by atoms with E-state index in [4.69, 9.17) is 21.5 Å². The third kappa shape index (κ3) is 2.30. The van der Waals surface area contributed by atoms with E-state index in [1.54, 1.807) is 6.07 Å². The van der Waals surface area contributed by atoms with Gasteiger partial charge >= 0.3 is 0 Å². The van der Waals surface area contributed by atoms with Crippen LogP contribution in [0.1, 0.15) is 5.56 Å². The minimum absolute atomic E-state index is 0.0115. The SMILES string of the molecule is N#Cc1c(N)ccc(F)c1Oc1ccc2nc[nH]c(=O)c2c1N. The van der Waals surface area contributed by atoms with Gasteiger partial charge in [-0.25, -0.2) is 9.37 Å². The Balaban J connectivity index is 2.20. The van der Waals surface area contributed by atoms with E-state index in [1.165, 1.54) is 24.5 Å². The number of nitriles is 1. The van der Waals surface area contributed by atoms with Gasteiger partial charge in [-0.1, -0.05) is 0 Å². The summed E-state index contributed by atoms with van der Waals surface area (Å²) in [5, 5.41) is 9.23. The number of ether oxygens (including phenoxy) is 1. The first-order valence-corrected chi connectivity index (χ1v) is 6.44. The second-order valence-corrected chi connectivity index (χ2v) is 4.66. The number of fused-ring (bicyclic) bond motifs is 1. The Morgan fingerprint density at radius 1 is 1.26 bits per heavy atom. The van der Waals surface area contributed by atoms with Crippen molar-refractivity contribution < 1.29 is 9.13 Å². The highest BCUT2D eigenvalue weighted by Gasteiger charge is 2.17. The molecule has 0 amide bonds. The van der Waals surface area contributed by atoms with Crippen LogP contribution in [0.2, 0.25) is 0 Å². The quantitative estimate of drug-likeness (QED) is 0.619. The molecule has 1 heterocycles. The van der Waals surface area contributed by atoms with Crippen LogP contribution >= 0.6 is 0 Å². The van der Waals surface area contributed by atoms with E-state index in [0.29, 0.717) is 5.52 Å². The molecular formula is C15H10FN5O2. The molecule has 2 aromatic carbocycles. The van der Waals surface area contributed by atoms with E-state index in [9.17, 15) is 9.18 Å². The highest BCUT2D eigenvalue weighted by Crippen LogP contribution is 2.36. The number of nitrogens with zero attached hydrogens (tertiary/aromatic N) is 2. The van der Waals surface area contributed by atoms with Gasteiger partial charge in [0, 0.05) is 0 Å². The minimum atomic E-state index is -0.768. The Morgan fingerprint density at radius 2 is 2.04 bits per heavy atom. The standard InChI is InChI=1S/C15H10FN5O2/c16-8-1-2-9(18)7(5-17)14(8)23-11-4-3-10-12(13(11)19)15(22)21-6-20-10/h1-4,6H,18-19H2,(H,20,21,22). The average Bonchev–Trinajstić information content (AvgIpc) is 2.53. The summed E-state index contributed by atoms with van der Waals surface area (Å²) >= 11 is 0. The number of benzene rings is 2. The van der Waals surface area contributed by atoms with Crippen molar-refractivity contribution in [1.82, 2.24) is 9.97 Å². The molecule has 0 aliphatic heterocycles. The summed E-state index contributed by atoms with van der Waals surface area (Å²) in [6.07, 6.45) is 1.25. The lowest BCUT2D eigenvalue weighted by atomic mass is 10.1. The van der Waals surface area contributed by atoms with E-state index >= 15 is 0 Å². The largest absolute Gasteiger partial charge is 0.451 e. The van der Waals surface area contributed by atoms with E-state index < -0.39 is 11.4 Å². The van der Waals surface area contributed by atoms with Gasteiger partial charge in [-0.05, 0) is 24.3 Å². The van der Waals surface area contributed by atoms with Crippen LogP contribution in [0.15, 0.2) is 35.4 Å².